The van der Waals surface area contributed by atoms with E-state index in [1.54, 1.807) is 42.7 Å². The number of Topliss-reactive ketones (excluding diaryl/α,β-unsaturated/α-hetero) is 1. The highest BCUT2D eigenvalue weighted by atomic mass is 35.5. The summed E-state index contributed by atoms with van der Waals surface area (Å²) < 4.78 is 6.02. The summed E-state index contributed by atoms with van der Waals surface area (Å²) in [6, 6.07) is 12.6. The van der Waals surface area contributed by atoms with Crippen molar-refractivity contribution in [1.82, 2.24) is 15.3 Å². The van der Waals surface area contributed by atoms with Crippen molar-refractivity contribution in [1.29, 1.82) is 5.26 Å². The predicted octanol–water partition coefficient (Wildman–Crippen LogP) is 6.59. The normalized spacial score (nSPS) is 16.9. The van der Waals surface area contributed by atoms with Crippen molar-refractivity contribution in [2.45, 2.75) is 58.0 Å². The minimum Gasteiger partial charge on any atom is -0.454 e. The van der Waals surface area contributed by atoms with Crippen LogP contribution in [-0.4, -0.2) is 26.8 Å². The van der Waals surface area contributed by atoms with Gasteiger partial charge in [-0.05, 0) is 70.7 Å². The summed E-state index contributed by atoms with van der Waals surface area (Å²) in [7, 11) is 0. The Morgan fingerprint density at radius 1 is 1.11 bits per heavy atom. The highest BCUT2D eigenvalue weighted by Gasteiger charge is 2.38. The summed E-state index contributed by atoms with van der Waals surface area (Å²) in [6.45, 7) is 8.74. The van der Waals surface area contributed by atoms with Gasteiger partial charge in [0.05, 0.1) is 5.02 Å². The fourth-order valence-electron chi connectivity index (χ4n) is 5.34. The number of rotatable bonds is 6. The number of carbonyl (C=O) groups excluding carboxylic acids is 1. The highest BCUT2D eigenvalue weighted by molar-refractivity contribution is 6.32. The SMILES string of the molecule is CC1(C)CC(CC(=O)c2ccc(Oc3cccc(-c4cncnc4)c3C#N)c(Cl)c2)CC(C)(C)N1. The number of aromatic nitrogens is 2. The molecule has 0 unspecified atom stereocenters. The standard InChI is InChI=1S/C28H29ClN4O2/c1-27(2)12-18(13-28(3,4)33-27)10-24(34)19-8-9-26(23(29)11-19)35-25-7-5-6-21(22(25)14-30)20-15-31-17-32-16-20/h5-9,11,15-18,33H,10,12-13H2,1-4H3. The van der Waals surface area contributed by atoms with Crippen molar-refractivity contribution in [3.63, 3.8) is 0 Å². The van der Waals surface area contributed by atoms with Gasteiger partial charge in [0.25, 0.3) is 0 Å². The first-order chi connectivity index (χ1) is 16.6. The lowest BCUT2D eigenvalue weighted by molar-refractivity contribution is 0.0864. The van der Waals surface area contributed by atoms with E-state index < -0.39 is 0 Å². The lowest BCUT2D eigenvalue weighted by Gasteiger charge is -2.46. The van der Waals surface area contributed by atoms with Gasteiger partial charge in [-0.1, -0.05) is 23.7 Å². The number of nitrogens with zero attached hydrogens (tertiary/aromatic N) is 3. The fourth-order valence-corrected chi connectivity index (χ4v) is 5.56. The van der Waals surface area contributed by atoms with Crippen LogP contribution in [0.4, 0.5) is 0 Å². The molecule has 6 nitrogen and oxygen atoms in total. The molecule has 35 heavy (non-hydrogen) atoms. The maximum absolute atomic E-state index is 13.1. The molecule has 1 saturated heterocycles. The summed E-state index contributed by atoms with van der Waals surface area (Å²) in [5.41, 5.74) is 2.27. The zero-order valence-corrected chi connectivity index (χ0v) is 21.2. The van der Waals surface area contributed by atoms with Gasteiger partial charge in [0, 0.05) is 46.6 Å². The largest absolute Gasteiger partial charge is 0.454 e. The van der Waals surface area contributed by atoms with E-state index >= 15 is 0 Å². The Balaban J connectivity index is 1.53. The zero-order chi connectivity index (χ0) is 25.2. The Morgan fingerprint density at radius 3 is 2.43 bits per heavy atom. The molecule has 0 radical (unpaired) electrons. The summed E-state index contributed by atoms with van der Waals surface area (Å²) in [6.07, 6.45) is 7.08. The molecule has 2 aromatic carbocycles. The quantitative estimate of drug-likeness (QED) is 0.394. The smallest absolute Gasteiger partial charge is 0.163 e. The topological polar surface area (TPSA) is 87.9 Å². The summed E-state index contributed by atoms with van der Waals surface area (Å²) >= 11 is 6.52. The number of ether oxygens (including phenoxy) is 1. The van der Waals surface area contributed by atoms with Crippen molar-refractivity contribution >= 4 is 17.4 Å². The molecule has 1 aromatic heterocycles. The van der Waals surface area contributed by atoms with Crippen molar-refractivity contribution in [3.05, 3.63) is 71.3 Å². The number of nitrogens with one attached hydrogen (secondary N) is 1. The van der Waals surface area contributed by atoms with Gasteiger partial charge in [-0.2, -0.15) is 5.26 Å². The van der Waals surface area contributed by atoms with Crippen LogP contribution < -0.4 is 10.1 Å². The number of carbonyl (C=O) groups is 1. The molecule has 2 heterocycles. The molecule has 0 aliphatic carbocycles. The van der Waals surface area contributed by atoms with Gasteiger partial charge in [-0.3, -0.25) is 4.79 Å². The number of piperidine rings is 1. The van der Waals surface area contributed by atoms with Gasteiger partial charge in [0.1, 0.15) is 29.5 Å². The van der Waals surface area contributed by atoms with Crippen LogP contribution in [0.2, 0.25) is 5.02 Å². The van der Waals surface area contributed by atoms with E-state index in [-0.39, 0.29) is 16.9 Å². The van der Waals surface area contributed by atoms with E-state index in [1.807, 2.05) is 6.07 Å². The molecule has 7 heteroatoms. The first-order valence-electron chi connectivity index (χ1n) is 11.7. The molecule has 180 valence electrons. The fraction of sp³-hybridized carbons (Fsp3) is 0.357. The van der Waals surface area contributed by atoms with Crippen LogP contribution in [0, 0.1) is 17.2 Å². The third-order valence-corrected chi connectivity index (χ3v) is 6.53. The van der Waals surface area contributed by atoms with Gasteiger partial charge in [0.15, 0.2) is 5.78 Å². The van der Waals surface area contributed by atoms with Crippen LogP contribution in [0.3, 0.4) is 0 Å². The van der Waals surface area contributed by atoms with Gasteiger partial charge in [-0.15, -0.1) is 0 Å². The summed E-state index contributed by atoms with van der Waals surface area (Å²) in [5, 5.41) is 13.8. The van der Waals surface area contributed by atoms with Gasteiger partial charge in [0.2, 0.25) is 0 Å². The van der Waals surface area contributed by atoms with Crippen LogP contribution in [0.15, 0.2) is 55.1 Å². The Kier molecular flexibility index (Phi) is 6.93. The maximum atomic E-state index is 13.1. The third kappa shape index (κ3) is 5.87. The van der Waals surface area contributed by atoms with Gasteiger partial charge >= 0.3 is 0 Å². The number of benzene rings is 2. The van der Waals surface area contributed by atoms with E-state index in [2.05, 4.69) is 49.0 Å². The molecule has 1 aliphatic rings. The molecule has 1 fully saturated rings. The second-order valence-corrected chi connectivity index (χ2v) is 10.9. The Bertz CT molecular complexity index is 1270. The van der Waals surface area contributed by atoms with Gasteiger partial charge in [-0.25, -0.2) is 9.97 Å². The molecule has 0 atom stereocenters. The van der Waals surface area contributed by atoms with Gasteiger partial charge < -0.3 is 10.1 Å². The lowest BCUT2D eigenvalue weighted by Crippen LogP contribution is -2.57. The highest BCUT2D eigenvalue weighted by Crippen LogP contribution is 2.38. The minimum atomic E-state index is -0.0130. The molecule has 4 rings (SSSR count). The molecule has 0 amide bonds. The maximum Gasteiger partial charge on any atom is 0.163 e. The number of nitriles is 1. The monoisotopic (exact) mass is 488 g/mol. The molecule has 0 bridgehead atoms. The van der Waals surface area contributed by atoms with Crippen LogP contribution in [0.25, 0.3) is 11.1 Å². The predicted molar refractivity (Wildman–Crippen MR) is 137 cm³/mol. The molecular weight excluding hydrogens is 460 g/mol. The third-order valence-electron chi connectivity index (χ3n) is 6.23. The molecule has 1 N–H and O–H groups in total. The first kappa shape index (κ1) is 24.8. The van der Waals surface area contributed by atoms with E-state index in [0.717, 1.165) is 12.8 Å². The number of ketones is 1. The molecule has 0 saturated carbocycles. The minimum absolute atomic E-state index is 0.0130. The van der Waals surface area contributed by atoms with E-state index in [1.165, 1.54) is 6.33 Å². The Morgan fingerprint density at radius 2 is 1.80 bits per heavy atom. The van der Waals surface area contributed by atoms with Crippen LogP contribution in [0.5, 0.6) is 11.5 Å². The molecular formula is C28H29ClN4O2. The molecule has 1 aliphatic heterocycles. The average molecular weight is 489 g/mol. The van der Waals surface area contributed by atoms with Crippen molar-refractivity contribution < 1.29 is 9.53 Å². The Hall–Kier alpha value is -3.27. The number of halogens is 1. The van der Waals surface area contributed by atoms with E-state index in [0.29, 0.717) is 51.1 Å². The second kappa shape index (κ2) is 9.77. The van der Waals surface area contributed by atoms with Crippen molar-refractivity contribution in [2.24, 2.45) is 5.92 Å². The molecule has 3 aromatic rings. The van der Waals surface area contributed by atoms with Crippen molar-refractivity contribution in [3.8, 4) is 28.7 Å². The summed E-state index contributed by atoms with van der Waals surface area (Å²) in [4.78, 5) is 21.1. The van der Waals surface area contributed by atoms with E-state index in [9.17, 15) is 10.1 Å². The van der Waals surface area contributed by atoms with Crippen molar-refractivity contribution in [2.75, 3.05) is 0 Å². The van der Waals surface area contributed by atoms with Crippen LogP contribution >= 0.6 is 11.6 Å². The number of hydrogen-bond donors (Lipinski definition) is 1. The average Bonchev–Trinajstić information content (AvgIpc) is 2.78. The summed E-state index contributed by atoms with van der Waals surface area (Å²) in [5.74, 6) is 1.12. The van der Waals surface area contributed by atoms with Crippen LogP contribution in [0.1, 0.15) is 62.9 Å². The zero-order valence-electron chi connectivity index (χ0n) is 20.4. The number of hydrogen-bond acceptors (Lipinski definition) is 6. The molecule has 0 spiro atoms. The van der Waals surface area contributed by atoms with E-state index in [4.69, 9.17) is 16.3 Å². The lowest BCUT2D eigenvalue weighted by atomic mass is 9.74. The second-order valence-electron chi connectivity index (χ2n) is 10.5. The Labute approximate surface area is 211 Å². The first-order valence-corrected chi connectivity index (χ1v) is 12.0. The van der Waals surface area contributed by atoms with Crippen LogP contribution in [-0.2, 0) is 0 Å².